The third-order valence-corrected chi connectivity index (χ3v) is 5.85. The number of hydrogen-bond acceptors (Lipinski definition) is 5. The van der Waals surface area contributed by atoms with Crippen LogP contribution in [0.15, 0.2) is 24.3 Å². The van der Waals surface area contributed by atoms with Gasteiger partial charge in [0.15, 0.2) is 0 Å². The van der Waals surface area contributed by atoms with Crippen molar-refractivity contribution in [3.63, 3.8) is 0 Å². The summed E-state index contributed by atoms with van der Waals surface area (Å²) < 4.78 is 5.38. The molecule has 0 aromatic heterocycles. The third-order valence-electron chi connectivity index (χ3n) is 5.85. The highest BCUT2D eigenvalue weighted by atomic mass is 16.5. The lowest BCUT2D eigenvalue weighted by Gasteiger charge is -2.40. The molecule has 2 heterocycles. The molecule has 29 heavy (non-hydrogen) atoms. The number of amides is 4. The van der Waals surface area contributed by atoms with Crippen LogP contribution in [0.2, 0.25) is 0 Å². The zero-order valence-electron chi connectivity index (χ0n) is 17.6. The SMILES string of the molecule is Cc1ccccc1C1(C)NC(=O)N(CC(=O)NCC(C)(C)N2CCOCC2)C1=O. The Balaban J connectivity index is 1.62. The Labute approximate surface area is 171 Å². The van der Waals surface area contributed by atoms with E-state index in [4.69, 9.17) is 4.74 Å². The number of carbonyl (C=O) groups is 3. The molecule has 1 unspecified atom stereocenters. The number of urea groups is 1. The molecule has 1 aromatic carbocycles. The van der Waals surface area contributed by atoms with Crippen molar-refractivity contribution in [3.8, 4) is 0 Å². The lowest BCUT2D eigenvalue weighted by Crippen LogP contribution is -2.56. The van der Waals surface area contributed by atoms with Gasteiger partial charge in [-0.2, -0.15) is 0 Å². The number of benzene rings is 1. The van der Waals surface area contributed by atoms with E-state index in [1.165, 1.54) is 0 Å². The van der Waals surface area contributed by atoms with Gasteiger partial charge in [-0.05, 0) is 38.8 Å². The van der Waals surface area contributed by atoms with Crippen LogP contribution in [0.4, 0.5) is 4.79 Å². The smallest absolute Gasteiger partial charge is 0.325 e. The highest BCUT2D eigenvalue weighted by Gasteiger charge is 2.50. The maximum absolute atomic E-state index is 13.0. The summed E-state index contributed by atoms with van der Waals surface area (Å²) in [7, 11) is 0. The van der Waals surface area contributed by atoms with Gasteiger partial charge in [0.1, 0.15) is 12.1 Å². The standard InChI is InChI=1S/C21H30N4O4/c1-15-7-5-6-8-16(15)21(4)18(27)25(19(28)23-21)13-17(26)22-14-20(2,3)24-9-11-29-12-10-24/h5-8H,9-14H2,1-4H3,(H,22,26)(H,23,28). The molecule has 0 aliphatic carbocycles. The monoisotopic (exact) mass is 402 g/mol. The van der Waals surface area contributed by atoms with Gasteiger partial charge in [-0.15, -0.1) is 0 Å². The highest BCUT2D eigenvalue weighted by Crippen LogP contribution is 2.30. The molecular weight excluding hydrogens is 372 g/mol. The van der Waals surface area contributed by atoms with Crippen LogP contribution in [0, 0.1) is 6.92 Å². The maximum atomic E-state index is 13.0. The molecule has 1 atom stereocenters. The van der Waals surface area contributed by atoms with Crippen molar-refractivity contribution in [2.24, 2.45) is 0 Å². The highest BCUT2D eigenvalue weighted by molar-refractivity contribution is 6.09. The average molecular weight is 402 g/mol. The summed E-state index contributed by atoms with van der Waals surface area (Å²) >= 11 is 0. The summed E-state index contributed by atoms with van der Waals surface area (Å²) in [5.41, 5.74) is 0.222. The van der Waals surface area contributed by atoms with Crippen LogP contribution in [0.1, 0.15) is 31.9 Å². The van der Waals surface area contributed by atoms with E-state index in [0.29, 0.717) is 19.8 Å². The van der Waals surface area contributed by atoms with Crippen molar-refractivity contribution in [2.45, 2.75) is 38.8 Å². The van der Waals surface area contributed by atoms with Crippen molar-refractivity contribution in [1.82, 2.24) is 20.4 Å². The Bertz CT molecular complexity index is 804. The molecule has 0 bridgehead atoms. The number of nitrogens with one attached hydrogen (secondary N) is 2. The van der Waals surface area contributed by atoms with Gasteiger partial charge in [0.25, 0.3) is 5.91 Å². The normalized spacial score (nSPS) is 23.2. The Hall–Kier alpha value is -2.45. The summed E-state index contributed by atoms with van der Waals surface area (Å²) in [5, 5.41) is 5.62. The van der Waals surface area contributed by atoms with Crippen LogP contribution in [0.25, 0.3) is 0 Å². The van der Waals surface area contributed by atoms with Crippen LogP contribution < -0.4 is 10.6 Å². The second kappa shape index (κ2) is 8.12. The van der Waals surface area contributed by atoms with Crippen molar-refractivity contribution in [3.05, 3.63) is 35.4 Å². The van der Waals surface area contributed by atoms with Crippen LogP contribution >= 0.6 is 0 Å². The molecule has 2 aliphatic rings. The van der Waals surface area contributed by atoms with Gasteiger partial charge in [0, 0.05) is 25.2 Å². The number of imide groups is 1. The molecule has 3 rings (SSSR count). The summed E-state index contributed by atoms with van der Waals surface area (Å²) in [6.45, 7) is 10.8. The number of nitrogens with zero attached hydrogens (tertiary/aromatic N) is 2. The minimum atomic E-state index is -1.17. The average Bonchev–Trinajstić information content (AvgIpc) is 2.91. The molecule has 158 valence electrons. The van der Waals surface area contributed by atoms with Crippen molar-refractivity contribution >= 4 is 17.8 Å². The molecule has 2 saturated heterocycles. The number of hydrogen-bond donors (Lipinski definition) is 2. The number of carbonyl (C=O) groups excluding carboxylic acids is 3. The Kier molecular flexibility index (Phi) is 5.95. The molecule has 8 nitrogen and oxygen atoms in total. The number of rotatable bonds is 6. The number of aryl methyl sites for hydroxylation is 1. The van der Waals surface area contributed by atoms with E-state index in [0.717, 1.165) is 29.1 Å². The van der Waals surface area contributed by atoms with Gasteiger partial charge in [-0.25, -0.2) is 4.79 Å². The van der Waals surface area contributed by atoms with Crippen molar-refractivity contribution in [2.75, 3.05) is 39.4 Å². The Morgan fingerprint density at radius 2 is 1.90 bits per heavy atom. The van der Waals surface area contributed by atoms with Gasteiger partial charge in [-0.1, -0.05) is 24.3 Å². The summed E-state index contributed by atoms with van der Waals surface area (Å²) in [5.74, 6) is -0.775. The predicted molar refractivity (Wildman–Crippen MR) is 108 cm³/mol. The van der Waals surface area contributed by atoms with Crippen LogP contribution in [-0.2, 0) is 19.9 Å². The lowest BCUT2D eigenvalue weighted by atomic mass is 9.88. The van der Waals surface area contributed by atoms with Crippen LogP contribution in [-0.4, -0.2) is 72.6 Å². The second-order valence-corrected chi connectivity index (χ2v) is 8.45. The largest absolute Gasteiger partial charge is 0.379 e. The molecule has 0 saturated carbocycles. The fourth-order valence-electron chi connectivity index (χ4n) is 3.95. The first-order valence-electron chi connectivity index (χ1n) is 9.95. The second-order valence-electron chi connectivity index (χ2n) is 8.45. The molecule has 0 radical (unpaired) electrons. The van der Waals surface area contributed by atoms with E-state index >= 15 is 0 Å². The van der Waals surface area contributed by atoms with Gasteiger partial charge in [-0.3, -0.25) is 19.4 Å². The zero-order valence-corrected chi connectivity index (χ0v) is 17.6. The molecule has 1 aromatic rings. The first-order valence-corrected chi connectivity index (χ1v) is 9.95. The molecule has 2 aliphatic heterocycles. The molecule has 2 fully saturated rings. The van der Waals surface area contributed by atoms with Crippen LogP contribution in [0.3, 0.4) is 0 Å². The fraction of sp³-hybridized carbons (Fsp3) is 0.571. The minimum Gasteiger partial charge on any atom is -0.379 e. The van der Waals surface area contributed by atoms with Crippen molar-refractivity contribution < 1.29 is 19.1 Å². The Morgan fingerprint density at radius 1 is 1.24 bits per heavy atom. The number of ether oxygens (including phenoxy) is 1. The van der Waals surface area contributed by atoms with Gasteiger partial charge < -0.3 is 15.4 Å². The summed E-state index contributed by atoms with van der Waals surface area (Å²) in [4.78, 5) is 41.2. The quantitative estimate of drug-likeness (QED) is 0.693. The summed E-state index contributed by atoms with van der Waals surface area (Å²) in [6.07, 6.45) is 0. The molecular formula is C21H30N4O4. The third kappa shape index (κ3) is 4.28. The van der Waals surface area contributed by atoms with E-state index in [9.17, 15) is 14.4 Å². The van der Waals surface area contributed by atoms with E-state index in [-0.39, 0.29) is 18.0 Å². The zero-order chi connectivity index (χ0) is 21.2. The molecule has 4 amide bonds. The predicted octanol–water partition coefficient (Wildman–Crippen LogP) is 0.989. The van der Waals surface area contributed by atoms with E-state index in [1.807, 2.05) is 31.2 Å². The lowest BCUT2D eigenvalue weighted by molar-refractivity contribution is -0.135. The van der Waals surface area contributed by atoms with E-state index in [1.54, 1.807) is 6.92 Å². The minimum absolute atomic E-state index is 0.244. The van der Waals surface area contributed by atoms with E-state index < -0.39 is 17.5 Å². The maximum Gasteiger partial charge on any atom is 0.325 e. The van der Waals surface area contributed by atoms with Gasteiger partial charge in [0.2, 0.25) is 5.91 Å². The molecule has 0 spiro atoms. The topological polar surface area (TPSA) is 91.0 Å². The molecule has 8 heteroatoms. The first kappa shape index (κ1) is 21.3. The Morgan fingerprint density at radius 3 is 2.55 bits per heavy atom. The number of morpholine rings is 1. The first-order chi connectivity index (χ1) is 13.6. The summed E-state index contributed by atoms with van der Waals surface area (Å²) in [6, 6.07) is 6.87. The van der Waals surface area contributed by atoms with Gasteiger partial charge >= 0.3 is 6.03 Å². The fourth-order valence-corrected chi connectivity index (χ4v) is 3.95. The molecule has 2 N–H and O–H groups in total. The van der Waals surface area contributed by atoms with Gasteiger partial charge in [0.05, 0.1) is 13.2 Å². The van der Waals surface area contributed by atoms with E-state index in [2.05, 4.69) is 29.4 Å². The van der Waals surface area contributed by atoms with Crippen LogP contribution in [0.5, 0.6) is 0 Å². The van der Waals surface area contributed by atoms with Crippen molar-refractivity contribution in [1.29, 1.82) is 0 Å².